The number of fused-ring (bicyclic) bond motifs is 1. The number of hydrogen-bond acceptors (Lipinski definition) is 4. The Balaban J connectivity index is 1.47. The molecule has 0 fully saturated rings. The Bertz CT molecular complexity index is 1210. The van der Waals surface area contributed by atoms with Gasteiger partial charge in [0.1, 0.15) is 5.82 Å². The molecule has 2 aromatic heterocycles. The second-order valence-electron chi connectivity index (χ2n) is 7.54. The van der Waals surface area contributed by atoms with Crippen molar-refractivity contribution in [1.82, 2.24) is 15.3 Å². The van der Waals surface area contributed by atoms with Crippen LogP contribution in [0, 0.1) is 0 Å². The summed E-state index contributed by atoms with van der Waals surface area (Å²) in [5.41, 5.74) is 2.83. The van der Waals surface area contributed by atoms with Crippen LogP contribution in [0.4, 0.5) is 0 Å². The van der Waals surface area contributed by atoms with E-state index >= 15 is 0 Å². The molecule has 0 aliphatic carbocycles. The number of para-hydroxylation sites is 1. The van der Waals surface area contributed by atoms with Crippen LogP contribution >= 0.6 is 11.3 Å². The lowest BCUT2D eigenvalue weighted by atomic mass is 10.0. The van der Waals surface area contributed by atoms with E-state index in [1.54, 1.807) is 17.4 Å². The van der Waals surface area contributed by atoms with Gasteiger partial charge in [-0.2, -0.15) is 0 Å². The minimum atomic E-state index is -0.188. The standard InChI is InChI=1S/C25H25N3O2S/c1-2-6-17-10-12-18(13-11-17)24(21-9-5-16-31-21)28-23(29)15-14-22-26-20-8-4-3-7-19(20)25(30)27-22/h3-5,7-13,16,24H,2,6,14-15H2,1H3,(H,28,29)(H,26,27,30). The van der Waals surface area contributed by atoms with Crippen LogP contribution < -0.4 is 10.9 Å². The quantitative estimate of drug-likeness (QED) is 0.422. The van der Waals surface area contributed by atoms with Crippen LogP contribution in [-0.2, 0) is 17.6 Å². The first-order valence-corrected chi connectivity index (χ1v) is 11.4. The Labute approximate surface area is 185 Å². The van der Waals surface area contributed by atoms with Crippen LogP contribution in [0.15, 0.2) is 70.8 Å². The van der Waals surface area contributed by atoms with Crippen molar-refractivity contribution in [1.29, 1.82) is 0 Å². The van der Waals surface area contributed by atoms with E-state index in [1.165, 1.54) is 5.56 Å². The summed E-state index contributed by atoms with van der Waals surface area (Å²) in [6, 6.07) is 19.5. The number of nitrogens with one attached hydrogen (secondary N) is 2. The second-order valence-corrected chi connectivity index (χ2v) is 8.52. The van der Waals surface area contributed by atoms with Crippen LogP contribution in [0.2, 0.25) is 0 Å². The number of carbonyl (C=O) groups excluding carboxylic acids is 1. The summed E-state index contributed by atoms with van der Waals surface area (Å²) in [5, 5.41) is 5.73. The first kappa shape index (κ1) is 21.0. The Morgan fingerprint density at radius 3 is 2.61 bits per heavy atom. The molecule has 0 bridgehead atoms. The number of carbonyl (C=O) groups is 1. The van der Waals surface area contributed by atoms with Gasteiger partial charge in [-0.1, -0.05) is 55.8 Å². The maximum absolute atomic E-state index is 12.8. The van der Waals surface area contributed by atoms with Crippen molar-refractivity contribution in [3.8, 4) is 0 Å². The molecule has 4 rings (SSSR count). The molecule has 4 aromatic rings. The molecule has 1 unspecified atom stereocenters. The molecule has 0 radical (unpaired) electrons. The summed E-state index contributed by atoms with van der Waals surface area (Å²) in [6.45, 7) is 2.17. The van der Waals surface area contributed by atoms with Gasteiger partial charge in [-0.3, -0.25) is 9.59 Å². The lowest BCUT2D eigenvalue weighted by molar-refractivity contribution is -0.121. The van der Waals surface area contributed by atoms with Gasteiger partial charge in [0.25, 0.3) is 5.56 Å². The van der Waals surface area contributed by atoms with E-state index < -0.39 is 0 Å². The van der Waals surface area contributed by atoms with Gasteiger partial charge in [0.05, 0.1) is 16.9 Å². The smallest absolute Gasteiger partial charge is 0.258 e. The highest BCUT2D eigenvalue weighted by molar-refractivity contribution is 7.10. The van der Waals surface area contributed by atoms with Crippen LogP contribution in [0.5, 0.6) is 0 Å². The number of nitrogens with zero attached hydrogens (tertiary/aromatic N) is 1. The Kier molecular flexibility index (Phi) is 6.57. The first-order valence-electron chi connectivity index (χ1n) is 10.5. The normalized spacial score (nSPS) is 12.0. The minimum absolute atomic E-state index is 0.0770. The molecule has 1 atom stereocenters. The van der Waals surface area contributed by atoms with Gasteiger partial charge in [-0.05, 0) is 41.1 Å². The zero-order valence-corrected chi connectivity index (χ0v) is 18.2. The highest BCUT2D eigenvalue weighted by atomic mass is 32.1. The number of H-pyrrole nitrogens is 1. The van der Waals surface area contributed by atoms with Gasteiger partial charge in [-0.25, -0.2) is 4.98 Å². The molecule has 2 N–H and O–H groups in total. The SMILES string of the molecule is CCCc1ccc(C(NC(=O)CCc2nc3ccccc3c(=O)[nH]2)c2cccs2)cc1. The van der Waals surface area contributed by atoms with Crippen LogP contribution in [0.25, 0.3) is 10.9 Å². The molecule has 158 valence electrons. The lowest BCUT2D eigenvalue weighted by Gasteiger charge is -2.18. The predicted molar refractivity (Wildman–Crippen MR) is 125 cm³/mol. The third-order valence-corrected chi connectivity index (χ3v) is 6.17. The first-order chi connectivity index (χ1) is 15.1. The van der Waals surface area contributed by atoms with Crippen molar-refractivity contribution in [2.24, 2.45) is 0 Å². The summed E-state index contributed by atoms with van der Waals surface area (Å²) in [6.07, 6.45) is 2.78. The molecular weight excluding hydrogens is 406 g/mol. The summed E-state index contributed by atoms with van der Waals surface area (Å²) in [7, 11) is 0. The van der Waals surface area contributed by atoms with E-state index in [9.17, 15) is 9.59 Å². The van der Waals surface area contributed by atoms with Gasteiger partial charge in [0.15, 0.2) is 0 Å². The van der Waals surface area contributed by atoms with Crippen molar-refractivity contribution in [2.75, 3.05) is 0 Å². The average Bonchev–Trinajstić information content (AvgIpc) is 3.32. The highest BCUT2D eigenvalue weighted by Crippen LogP contribution is 2.26. The molecule has 2 aromatic carbocycles. The third-order valence-electron chi connectivity index (χ3n) is 5.24. The summed E-state index contributed by atoms with van der Waals surface area (Å²) >= 11 is 1.63. The van der Waals surface area contributed by atoms with Crippen LogP contribution in [0.3, 0.4) is 0 Å². The molecule has 0 aliphatic rings. The molecule has 0 saturated carbocycles. The zero-order valence-electron chi connectivity index (χ0n) is 17.4. The molecule has 0 saturated heterocycles. The monoisotopic (exact) mass is 431 g/mol. The summed E-state index contributed by atoms with van der Waals surface area (Å²) < 4.78 is 0. The van der Waals surface area contributed by atoms with Gasteiger partial charge in [-0.15, -0.1) is 11.3 Å². The third kappa shape index (κ3) is 5.09. The van der Waals surface area contributed by atoms with Gasteiger partial charge in [0, 0.05) is 17.7 Å². The molecule has 31 heavy (non-hydrogen) atoms. The molecule has 2 heterocycles. The molecule has 0 aliphatic heterocycles. The number of rotatable bonds is 8. The van der Waals surface area contributed by atoms with Crippen molar-refractivity contribution >= 4 is 28.1 Å². The van der Waals surface area contributed by atoms with E-state index in [4.69, 9.17) is 0 Å². The summed E-state index contributed by atoms with van der Waals surface area (Å²) in [5.74, 6) is 0.447. The van der Waals surface area contributed by atoms with Crippen molar-refractivity contribution in [3.63, 3.8) is 0 Å². The van der Waals surface area contributed by atoms with Gasteiger partial charge < -0.3 is 10.3 Å². The molecule has 1 amide bonds. The molecule has 5 nitrogen and oxygen atoms in total. The van der Waals surface area contributed by atoms with Crippen molar-refractivity contribution < 1.29 is 4.79 Å². The fraction of sp³-hybridized carbons (Fsp3) is 0.240. The van der Waals surface area contributed by atoms with E-state index in [-0.39, 0.29) is 23.9 Å². The van der Waals surface area contributed by atoms with Crippen LogP contribution in [0.1, 0.15) is 47.6 Å². The number of benzene rings is 2. The lowest BCUT2D eigenvalue weighted by Crippen LogP contribution is -2.29. The molecule has 6 heteroatoms. The fourth-order valence-corrected chi connectivity index (χ4v) is 4.46. The zero-order chi connectivity index (χ0) is 21.6. The number of amides is 1. The van der Waals surface area contributed by atoms with Gasteiger partial charge in [0.2, 0.25) is 5.91 Å². The van der Waals surface area contributed by atoms with E-state index in [2.05, 4.69) is 46.5 Å². The Hall–Kier alpha value is -3.25. The molecule has 0 spiro atoms. The maximum atomic E-state index is 12.8. The highest BCUT2D eigenvalue weighted by Gasteiger charge is 2.18. The summed E-state index contributed by atoms with van der Waals surface area (Å²) in [4.78, 5) is 33.4. The van der Waals surface area contributed by atoms with Crippen molar-refractivity contribution in [3.05, 3.63) is 98.2 Å². The minimum Gasteiger partial charge on any atom is -0.344 e. The topological polar surface area (TPSA) is 74.8 Å². The Morgan fingerprint density at radius 1 is 1.06 bits per heavy atom. The average molecular weight is 432 g/mol. The number of thiophene rings is 1. The second kappa shape index (κ2) is 9.71. The fourth-order valence-electron chi connectivity index (χ4n) is 3.66. The largest absolute Gasteiger partial charge is 0.344 e. The van der Waals surface area contributed by atoms with Crippen molar-refractivity contribution in [2.45, 2.75) is 38.6 Å². The number of hydrogen-bond donors (Lipinski definition) is 2. The Morgan fingerprint density at radius 2 is 1.87 bits per heavy atom. The maximum Gasteiger partial charge on any atom is 0.258 e. The number of aryl methyl sites for hydroxylation is 2. The van der Waals surface area contributed by atoms with Crippen LogP contribution in [-0.4, -0.2) is 15.9 Å². The predicted octanol–water partition coefficient (Wildman–Crippen LogP) is 4.78. The number of aromatic nitrogens is 2. The number of aromatic amines is 1. The van der Waals surface area contributed by atoms with E-state index in [1.807, 2.05) is 35.7 Å². The van der Waals surface area contributed by atoms with Gasteiger partial charge >= 0.3 is 0 Å². The molecular formula is C25H25N3O2S. The van der Waals surface area contributed by atoms with E-state index in [0.29, 0.717) is 23.1 Å². The van der Waals surface area contributed by atoms with E-state index in [0.717, 1.165) is 23.3 Å².